The van der Waals surface area contributed by atoms with Crippen molar-refractivity contribution in [3.05, 3.63) is 70.7 Å². The van der Waals surface area contributed by atoms with E-state index in [2.05, 4.69) is 30.5 Å². The number of aryl methyl sites for hydroxylation is 1. The Labute approximate surface area is 160 Å². The third-order valence-electron chi connectivity index (χ3n) is 3.55. The van der Waals surface area contributed by atoms with Crippen molar-refractivity contribution >= 4 is 33.2 Å². The number of anilines is 3. The lowest BCUT2D eigenvalue weighted by atomic mass is 10.2. The third kappa shape index (κ3) is 4.36. The van der Waals surface area contributed by atoms with Crippen LogP contribution in [0.5, 0.6) is 0 Å². The summed E-state index contributed by atoms with van der Waals surface area (Å²) >= 11 is 0. The van der Waals surface area contributed by atoms with E-state index in [1.54, 1.807) is 30.3 Å². The summed E-state index contributed by atoms with van der Waals surface area (Å²) in [6.45, 7) is 1.82. The molecule has 12 heteroatoms. The zero-order chi connectivity index (χ0) is 20.1. The van der Waals surface area contributed by atoms with Crippen LogP contribution in [0.2, 0.25) is 0 Å². The molecule has 0 fully saturated rings. The van der Waals surface area contributed by atoms with Crippen molar-refractivity contribution in [1.29, 1.82) is 0 Å². The van der Waals surface area contributed by atoms with Crippen LogP contribution in [0.3, 0.4) is 0 Å². The van der Waals surface area contributed by atoms with E-state index in [4.69, 9.17) is 0 Å². The lowest BCUT2D eigenvalue weighted by molar-refractivity contribution is -0.383. The molecule has 11 nitrogen and oxygen atoms in total. The molecule has 0 bridgehead atoms. The number of nitro groups is 1. The standard InChI is InChI=1S/C16H15N7O4S/c1-11-5-7-12(8-6-11)28(26,27)22-21-16-14(23(24)25)15(18-10-19-16)20-13-4-2-3-9-17-13/h2-10,22H,1H3,(H2,17,18,19,20,21). The molecule has 3 aromatic rings. The quantitative estimate of drug-likeness (QED) is 0.399. The maximum absolute atomic E-state index is 12.4. The number of hydrogen-bond acceptors (Lipinski definition) is 9. The smallest absolute Gasteiger partial charge is 0.319 e. The number of benzene rings is 1. The van der Waals surface area contributed by atoms with Crippen LogP contribution in [0.15, 0.2) is 59.9 Å². The fraction of sp³-hybridized carbons (Fsp3) is 0.0625. The van der Waals surface area contributed by atoms with Gasteiger partial charge in [-0.25, -0.2) is 23.4 Å². The highest BCUT2D eigenvalue weighted by Crippen LogP contribution is 2.30. The number of sulfonamides is 1. The number of hydrazine groups is 1. The van der Waals surface area contributed by atoms with Crippen LogP contribution in [0.25, 0.3) is 0 Å². The van der Waals surface area contributed by atoms with Crippen molar-refractivity contribution < 1.29 is 13.3 Å². The number of nitrogens with one attached hydrogen (secondary N) is 3. The Morgan fingerprint density at radius 2 is 1.71 bits per heavy atom. The number of pyridine rings is 1. The Morgan fingerprint density at radius 3 is 2.36 bits per heavy atom. The van der Waals surface area contributed by atoms with Gasteiger partial charge in [0, 0.05) is 6.20 Å². The minimum atomic E-state index is -3.97. The molecule has 0 saturated carbocycles. The first-order valence-electron chi connectivity index (χ1n) is 7.89. The molecule has 144 valence electrons. The van der Waals surface area contributed by atoms with Crippen LogP contribution in [0, 0.1) is 17.0 Å². The Hall–Kier alpha value is -3.64. The average molecular weight is 401 g/mol. The Kier molecular flexibility index (Phi) is 5.42. The topological polar surface area (TPSA) is 152 Å². The van der Waals surface area contributed by atoms with Gasteiger partial charge in [-0.05, 0) is 31.2 Å². The van der Waals surface area contributed by atoms with Crippen molar-refractivity contribution in [2.24, 2.45) is 0 Å². The number of nitrogens with zero attached hydrogens (tertiary/aromatic N) is 4. The van der Waals surface area contributed by atoms with Crippen molar-refractivity contribution in [3.8, 4) is 0 Å². The monoisotopic (exact) mass is 401 g/mol. The highest BCUT2D eigenvalue weighted by Gasteiger charge is 2.25. The molecule has 2 heterocycles. The molecule has 0 saturated heterocycles. The van der Waals surface area contributed by atoms with Gasteiger partial charge in [0.15, 0.2) is 0 Å². The van der Waals surface area contributed by atoms with E-state index in [9.17, 15) is 18.5 Å². The molecule has 0 spiro atoms. The van der Waals surface area contributed by atoms with Gasteiger partial charge in [0.1, 0.15) is 12.1 Å². The van der Waals surface area contributed by atoms with Crippen molar-refractivity contribution in [3.63, 3.8) is 0 Å². The molecule has 28 heavy (non-hydrogen) atoms. The first-order chi connectivity index (χ1) is 13.4. The minimum absolute atomic E-state index is 0.00542. The van der Waals surface area contributed by atoms with Crippen molar-refractivity contribution in [2.75, 3.05) is 10.7 Å². The minimum Gasteiger partial charge on any atom is -0.319 e. The summed E-state index contributed by atoms with van der Waals surface area (Å²) in [5.74, 6) is -0.139. The molecule has 1 aromatic carbocycles. The Balaban J connectivity index is 1.86. The van der Waals surface area contributed by atoms with Gasteiger partial charge in [-0.3, -0.25) is 15.5 Å². The first kappa shape index (κ1) is 19.1. The second-order valence-electron chi connectivity index (χ2n) is 5.56. The molecular formula is C16H15N7O4S. The summed E-state index contributed by atoms with van der Waals surface area (Å²) in [4.78, 5) is 24.5. The predicted molar refractivity (Wildman–Crippen MR) is 101 cm³/mol. The summed E-state index contributed by atoms with van der Waals surface area (Å²) in [6.07, 6.45) is 2.56. The Bertz CT molecular complexity index is 1090. The molecule has 0 amide bonds. The number of hydrogen-bond donors (Lipinski definition) is 3. The normalized spacial score (nSPS) is 11.0. The van der Waals surface area contributed by atoms with E-state index < -0.39 is 20.6 Å². The van der Waals surface area contributed by atoms with Gasteiger partial charge in [0.25, 0.3) is 10.0 Å². The lowest BCUT2D eigenvalue weighted by Gasteiger charge is -2.11. The van der Waals surface area contributed by atoms with Gasteiger partial charge in [0.05, 0.1) is 9.82 Å². The predicted octanol–water partition coefficient (Wildman–Crippen LogP) is 2.14. The maximum Gasteiger partial charge on any atom is 0.354 e. The van der Waals surface area contributed by atoms with Gasteiger partial charge in [-0.2, -0.15) is 0 Å². The zero-order valence-corrected chi connectivity index (χ0v) is 15.3. The molecule has 0 unspecified atom stereocenters. The van der Waals surface area contributed by atoms with E-state index in [0.29, 0.717) is 5.82 Å². The van der Waals surface area contributed by atoms with Gasteiger partial charge in [0.2, 0.25) is 11.6 Å². The third-order valence-corrected chi connectivity index (χ3v) is 4.81. The van der Waals surface area contributed by atoms with Gasteiger partial charge in [-0.15, -0.1) is 4.83 Å². The summed E-state index contributed by atoms with van der Waals surface area (Å²) in [6, 6.07) is 11.1. The maximum atomic E-state index is 12.4. The van der Waals surface area contributed by atoms with Gasteiger partial charge < -0.3 is 5.32 Å². The molecule has 0 radical (unpaired) electrons. The van der Waals surface area contributed by atoms with E-state index in [1.807, 2.05) is 6.92 Å². The van der Waals surface area contributed by atoms with Gasteiger partial charge in [-0.1, -0.05) is 23.8 Å². The van der Waals surface area contributed by atoms with E-state index in [1.165, 1.54) is 18.3 Å². The molecular weight excluding hydrogens is 386 g/mol. The van der Waals surface area contributed by atoms with E-state index in [-0.39, 0.29) is 16.5 Å². The second-order valence-corrected chi connectivity index (χ2v) is 7.24. The average Bonchev–Trinajstić information content (AvgIpc) is 2.67. The first-order valence-corrected chi connectivity index (χ1v) is 9.37. The summed E-state index contributed by atoms with van der Waals surface area (Å²) in [5.41, 5.74) is 2.63. The molecule has 0 aliphatic heterocycles. The zero-order valence-electron chi connectivity index (χ0n) is 14.5. The van der Waals surface area contributed by atoms with E-state index >= 15 is 0 Å². The highest BCUT2D eigenvalue weighted by molar-refractivity contribution is 7.89. The molecule has 0 atom stereocenters. The van der Waals surface area contributed by atoms with Crippen LogP contribution < -0.4 is 15.6 Å². The van der Waals surface area contributed by atoms with Gasteiger partial charge >= 0.3 is 5.69 Å². The number of aromatic nitrogens is 3. The SMILES string of the molecule is Cc1ccc(S(=O)(=O)NNc2ncnc(Nc3ccccn3)c2[N+](=O)[O-])cc1. The molecule has 3 rings (SSSR count). The summed E-state index contributed by atoms with van der Waals surface area (Å²) in [7, 11) is -3.97. The molecule has 2 aromatic heterocycles. The lowest BCUT2D eigenvalue weighted by Crippen LogP contribution is -2.30. The Morgan fingerprint density at radius 1 is 1.00 bits per heavy atom. The van der Waals surface area contributed by atoms with Crippen LogP contribution >= 0.6 is 0 Å². The summed E-state index contributed by atoms with van der Waals surface area (Å²) < 4.78 is 24.7. The second kappa shape index (κ2) is 7.94. The molecule has 0 aliphatic rings. The highest BCUT2D eigenvalue weighted by atomic mass is 32.2. The molecule has 0 aliphatic carbocycles. The van der Waals surface area contributed by atoms with Crippen LogP contribution in [0.1, 0.15) is 5.56 Å². The van der Waals surface area contributed by atoms with Crippen molar-refractivity contribution in [1.82, 2.24) is 19.8 Å². The fourth-order valence-corrected chi connectivity index (χ4v) is 3.03. The summed E-state index contributed by atoms with van der Waals surface area (Å²) in [5, 5.41) is 14.2. The van der Waals surface area contributed by atoms with Crippen LogP contribution in [0.4, 0.5) is 23.1 Å². The van der Waals surface area contributed by atoms with Crippen molar-refractivity contribution in [2.45, 2.75) is 11.8 Å². The van der Waals surface area contributed by atoms with E-state index in [0.717, 1.165) is 11.9 Å². The van der Waals surface area contributed by atoms with Crippen LogP contribution in [-0.4, -0.2) is 28.3 Å². The fourth-order valence-electron chi connectivity index (χ4n) is 2.18. The van der Waals surface area contributed by atoms with Crippen LogP contribution in [-0.2, 0) is 10.0 Å². The molecule has 3 N–H and O–H groups in total. The largest absolute Gasteiger partial charge is 0.354 e. The number of rotatable bonds is 7.